The lowest BCUT2D eigenvalue weighted by atomic mass is 10.2. The average molecular weight is 492 g/mol. The quantitative estimate of drug-likeness (QED) is 0.417. The van der Waals surface area contributed by atoms with E-state index in [-0.39, 0.29) is 11.7 Å². The van der Waals surface area contributed by atoms with Crippen molar-refractivity contribution in [2.24, 2.45) is 0 Å². The number of para-hydroxylation sites is 1. The van der Waals surface area contributed by atoms with E-state index >= 15 is 0 Å². The molecule has 1 aliphatic rings. The Morgan fingerprint density at radius 3 is 2.62 bits per heavy atom. The molecule has 5 nitrogen and oxygen atoms in total. The Hall–Kier alpha value is -1.83. The summed E-state index contributed by atoms with van der Waals surface area (Å²) in [7, 11) is 0. The number of thioether (sulfide) groups is 1. The van der Waals surface area contributed by atoms with Crippen LogP contribution < -0.4 is 5.32 Å². The van der Waals surface area contributed by atoms with E-state index < -0.39 is 0 Å². The van der Waals surface area contributed by atoms with Crippen molar-refractivity contribution in [3.05, 3.63) is 58.0 Å². The number of amides is 1. The topological polar surface area (TPSA) is 59.8 Å². The van der Waals surface area contributed by atoms with Crippen molar-refractivity contribution in [3.63, 3.8) is 0 Å². The molecule has 1 heterocycles. The number of carbonyl (C=O) groups is 1. The third-order valence-corrected chi connectivity index (χ3v) is 6.91. The van der Waals surface area contributed by atoms with Crippen molar-refractivity contribution in [1.82, 2.24) is 14.8 Å². The Kier molecular flexibility index (Phi) is 6.57. The number of rotatable bonds is 6. The SMILES string of the molecule is O=C(CSc1nnc(-c2ccccc2Cl)n1C1CCCC1)Nc1ccccc1Br. The van der Waals surface area contributed by atoms with E-state index in [4.69, 9.17) is 11.6 Å². The van der Waals surface area contributed by atoms with Gasteiger partial charge in [-0.15, -0.1) is 10.2 Å². The van der Waals surface area contributed by atoms with Crippen molar-refractivity contribution in [2.75, 3.05) is 11.1 Å². The van der Waals surface area contributed by atoms with Crippen molar-refractivity contribution < 1.29 is 4.79 Å². The summed E-state index contributed by atoms with van der Waals surface area (Å²) >= 11 is 11.3. The first-order valence-electron chi connectivity index (χ1n) is 9.50. The van der Waals surface area contributed by atoms with Gasteiger partial charge in [0.1, 0.15) is 0 Å². The smallest absolute Gasteiger partial charge is 0.234 e. The standard InChI is InChI=1S/C21H20BrClN4OS/c22-16-10-4-6-12-18(16)24-19(28)13-29-21-26-25-20(15-9-3-5-11-17(15)23)27(21)14-7-1-2-8-14/h3-6,9-12,14H,1-2,7-8,13H2,(H,24,28). The zero-order chi connectivity index (χ0) is 20.2. The molecule has 3 aromatic rings. The summed E-state index contributed by atoms with van der Waals surface area (Å²) in [6.45, 7) is 0. The Morgan fingerprint density at radius 1 is 1.14 bits per heavy atom. The van der Waals surface area contributed by atoms with Crippen LogP contribution in [-0.2, 0) is 4.79 Å². The largest absolute Gasteiger partial charge is 0.324 e. The van der Waals surface area contributed by atoms with E-state index in [1.807, 2.05) is 48.5 Å². The predicted molar refractivity (Wildman–Crippen MR) is 121 cm³/mol. The molecule has 0 unspecified atom stereocenters. The van der Waals surface area contributed by atoms with E-state index in [0.29, 0.717) is 11.1 Å². The molecule has 150 valence electrons. The molecule has 1 aromatic heterocycles. The van der Waals surface area contributed by atoms with E-state index in [2.05, 4.69) is 36.0 Å². The molecule has 0 aliphatic heterocycles. The first kappa shape index (κ1) is 20.4. The van der Waals surface area contributed by atoms with Gasteiger partial charge in [0.25, 0.3) is 0 Å². The lowest BCUT2D eigenvalue weighted by molar-refractivity contribution is -0.113. The molecule has 0 atom stereocenters. The fraction of sp³-hybridized carbons (Fsp3) is 0.286. The van der Waals surface area contributed by atoms with Crippen LogP contribution in [-0.4, -0.2) is 26.4 Å². The van der Waals surface area contributed by atoms with Gasteiger partial charge >= 0.3 is 0 Å². The van der Waals surface area contributed by atoms with Gasteiger partial charge < -0.3 is 5.32 Å². The first-order valence-corrected chi connectivity index (χ1v) is 11.7. The summed E-state index contributed by atoms with van der Waals surface area (Å²) in [5.41, 5.74) is 1.63. The third kappa shape index (κ3) is 4.68. The molecule has 0 saturated heterocycles. The summed E-state index contributed by atoms with van der Waals surface area (Å²) in [6.07, 6.45) is 4.56. The fourth-order valence-electron chi connectivity index (χ4n) is 3.57. The molecular weight excluding hydrogens is 472 g/mol. The van der Waals surface area contributed by atoms with Crippen LogP contribution in [0.5, 0.6) is 0 Å². The second-order valence-electron chi connectivity index (χ2n) is 6.91. The summed E-state index contributed by atoms with van der Waals surface area (Å²) in [5, 5.41) is 13.2. The zero-order valence-corrected chi connectivity index (χ0v) is 18.8. The van der Waals surface area contributed by atoms with Crippen molar-refractivity contribution >= 4 is 50.9 Å². The van der Waals surface area contributed by atoms with Crippen LogP contribution in [0.25, 0.3) is 11.4 Å². The maximum Gasteiger partial charge on any atom is 0.234 e. The predicted octanol–water partition coefficient (Wildman–Crippen LogP) is 6.21. The van der Waals surface area contributed by atoms with Gasteiger partial charge in [-0.25, -0.2) is 0 Å². The van der Waals surface area contributed by atoms with Gasteiger partial charge in [0.2, 0.25) is 5.91 Å². The maximum absolute atomic E-state index is 12.5. The molecule has 0 spiro atoms. The molecular formula is C21H20BrClN4OS. The molecule has 1 amide bonds. The van der Waals surface area contributed by atoms with Crippen LogP contribution in [0.2, 0.25) is 5.02 Å². The average Bonchev–Trinajstić information content (AvgIpc) is 3.38. The van der Waals surface area contributed by atoms with Crippen LogP contribution in [0.4, 0.5) is 5.69 Å². The summed E-state index contributed by atoms with van der Waals surface area (Å²) in [4.78, 5) is 12.5. The Bertz CT molecular complexity index is 1020. The molecule has 4 rings (SSSR count). The number of nitrogens with zero attached hydrogens (tertiary/aromatic N) is 3. The Morgan fingerprint density at radius 2 is 1.86 bits per heavy atom. The number of carbonyl (C=O) groups excluding carboxylic acids is 1. The highest BCUT2D eigenvalue weighted by atomic mass is 79.9. The first-order chi connectivity index (χ1) is 14.1. The van der Waals surface area contributed by atoms with Crippen molar-refractivity contribution in [3.8, 4) is 11.4 Å². The van der Waals surface area contributed by atoms with Gasteiger partial charge in [-0.2, -0.15) is 0 Å². The Balaban J connectivity index is 1.55. The molecule has 1 aliphatic carbocycles. The van der Waals surface area contributed by atoms with Gasteiger partial charge in [0.15, 0.2) is 11.0 Å². The van der Waals surface area contributed by atoms with Crippen molar-refractivity contribution in [1.29, 1.82) is 0 Å². The highest BCUT2D eigenvalue weighted by molar-refractivity contribution is 9.10. The number of hydrogen-bond donors (Lipinski definition) is 1. The molecule has 1 fully saturated rings. The van der Waals surface area contributed by atoms with Crippen LogP contribution in [0.3, 0.4) is 0 Å². The second kappa shape index (κ2) is 9.32. The normalized spacial score (nSPS) is 14.3. The van der Waals surface area contributed by atoms with Gasteiger partial charge in [0.05, 0.1) is 16.5 Å². The molecule has 29 heavy (non-hydrogen) atoms. The van der Waals surface area contributed by atoms with Gasteiger partial charge in [-0.1, -0.05) is 60.5 Å². The van der Waals surface area contributed by atoms with Crippen LogP contribution >= 0.6 is 39.3 Å². The van der Waals surface area contributed by atoms with Crippen LogP contribution in [0.1, 0.15) is 31.7 Å². The monoisotopic (exact) mass is 490 g/mol. The zero-order valence-electron chi connectivity index (χ0n) is 15.6. The van der Waals surface area contributed by atoms with Crippen LogP contribution in [0, 0.1) is 0 Å². The number of aromatic nitrogens is 3. The number of halogens is 2. The summed E-state index contributed by atoms with van der Waals surface area (Å²) in [5.74, 6) is 0.952. The molecule has 1 saturated carbocycles. The van der Waals surface area contributed by atoms with Gasteiger partial charge in [0, 0.05) is 16.1 Å². The van der Waals surface area contributed by atoms with Gasteiger partial charge in [-0.3, -0.25) is 9.36 Å². The van der Waals surface area contributed by atoms with Crippen LogP contribution in [0.15, 0.2) is 58.2 Å². The lowest BCUT2D eigenvalue weighted by Crippen LogP contribution is -2.15. The van der Waals surface area contributed by atoms with E-state index in [1.165, 1.54) is 24.6 Å². The van der Waals surface area contributed by atoms with E-state index in [1.54, 1.807) is 0 Å². The van der Waals surface area contributed by atoms with E-state index in [0.717, 1.165) is 39.5 Å². The fourth-order valence-corrected chi connectivity index (χ4v) is 4.98. The Labute approximate surface area is 187 Å². The maximum atomic E-state index is 12.5. The molecule has 0 radical (unpaired) electrons. The summed E-state index contributed by atoms with van der Waals surface area (Å²) in [6, 6.07) is 15.6. The number of hydrogen-bond acceptors (Lipinski definition) is 4. The van der Waals surface area contributed by atoms with Gasteiger partial charge in [-0.05, 0) is 53.0 Å². The molecule has 8 heteroatoms. The minimum Gasteiger partial charge on any atom is -0.324 e. The highest BCUT2D eigenvalue weighted by Crippen LogP contribution is 2.38. The molecule has 0 bridgehead atoms. The minimum atomic E-state index is -0.0813. The third-order valence-electron chi connectivity index (χ3n) is 4.95. The second-order valence-corrected chi connectivity index (χ2v) is 9.12. The number of benzene rings is 2. The molecule has 1 N–H and O–H groups in total. The molecule has 2 aromatic carbocycles. The number of anilines is 1. The van der Waals surface area contributed by atoms with Crippen molar-refractivity contribution in [2.45, 2.75) is 36.9 Å². The van der Waals surface area contributed by atoms with E-state index in [9.17, 15) is 4.79 Å². The lowest BCUT2D eigenvalue weighted by Gasteiger charge is -2.17. The minimum absolute atomic E-state index is 0.0813. The highest BCUT2D eigenvalue weighted by Gasteiger charge is 2.26. The number of nitrogens with one attached hydrogen (secondary N) is 1. The summed E-state index contributed by atoms with van der Waals surface area (Å²) < 4.78 is 3.03.